The lowest BCUT2D eigenvalue weighted by molar-refractivity contribution is 0.103. The van der Waals surface area contributed by atoms with Gasteiger partial charge in [-0.2, -0.15) is 0 Å². The van der Waals surface area contributed by atoms with Gasteiger partial charge in [-0.15, -0.1) is 0 Å². The highest BCUT2D eigenvalue weighted by Crippen LogP contribution is 2.20. The molecule has 0 radical (unpaired) electrons. The van der Waals surface area contributed by atoms with Crippen molar-refractivity contribution in [2.45, 2.75) is 6.92 Å². The third-order valence-corrected chi connectivity index (χ3v) is 2.84. The normalized spacial score (nSPS) is 10.4. The molecular formula is C14H9ClF2O. The third-order valence-electron chi connectivity index (χ3n) is 2.61. The number of carbonyl (C=O) groups excluding carboxylic acids is 1. The number of benzene rings is 2. The summed E-state index contributed by atoms with van der Waals surface area (Å²) in [6.45, 7) is 1.60. The first kappa shape index (κ1) is 12.7. The van der Waals surface area contributed by atoms with Crippen LogP contribution in [-0.2, 0) is 0 Å². The predicted octanol–water partition coefficient (Wildman–Crippen LogP) is 4.16. The van der Waals surface area contributed by atoms with Crippen molar-refractivity contribution < 1.29 is 13.6 Å². The zero-order valence-corrected chi connectivity index (χ0v) is 10.3. The van der Waals surface area contributed by atoms with Crippen LogP contribution in [0.1, 0.15) is 21.5 Å². The molecule has 0 N–H and O–H groups in total. The van der Waals surface area contributed by atoms with Crippen molar-refractivity contribution in [2.24, 2.45) is 0 Å². The molecule has 18 heavy (non-hydrogen) atoms. The van der Waals surface area contributed by atoms with Crippen LogP contribution in [0, 0.1) is 18.6 Å². The van der Waals surface area contributed by atoms with E-state index in [4.69, 9.17) is 11.6 Å². The molecule has 0 atom stereocenters. The Hall–Kier alpha value is -1.74. The molecular weight excluding hydrogens is 258 g/mol. The Morgan fingerprint density at radius 2 is 1.78 bits per heavy atom. The molecule has 2 aromatic carbocycles. The molecule has 0 fully saturated rings. The maximum atomic E-state index is 13.6. The SMILES string of the molecule is Cc1cc(F)ccc1C(=O)c1cc(Cl)ccc1F. The summed E-state index contributed by atoms with van der Waals surface area (Å²) in [6, 6.07) is 7.51. The van der Waals surface area contributed by atoms with Crippen molar-refractivity contribution in [1.29, 1.82) is 0 Å². The van der Waals surface area contributed by atoms with Crippen LogP contribution in [0.5, 0.6) is 0 Å². The van der Waals surface area contributed by atoms with Crippen LogP contribution in [0.25, 0.3) is 0 Å². The van der Waals surface area contributed by atoms with Crippen LogP contribution in [0.15, 0.2) is 36.4 Å². The standard InChI is InChI=1S/C14H9ClF2O/c1-8-6-10(16)3-4-11(8)14(18)12-7-9(15)2-5-13(12)17/h2-7H,1H3. The van der Waals surface area contributed by atoms with Gasteiger partial charge in [-0.25, -0.2) is 8.78 Å². The van der Waals surface area contributed by atoms with Gasteiger partial charge in [0.1, 0.15) is 11.6 Å². The van der Waals surface area contributed by atoms with Crippen molar-refractivity contribution in [1.82, 2.24) is 0 Å². The second-order valence-electron chi connectivity index (χ2n) is 3.91. The summed E-state index contributed by atoms with van der Waals surface area (Å²) in [7, 11) is 0. The number of ketones is 1. The summed E-state index contributed by atoms with van der Waals surface area (Å²) in [6.07, 6.45) is 0. The molecule has 92 valence electrons. The molecule has 0 saturated heterocycles. The van der Waals surface area contributed by atoms with Gasteiger partial charge in [0, 0.05) is 10.6 Å². The van der Waals surface area contributed by atoms with Crippen LogP contribution >= 0.6 is 11.6 Å². The highest BCUT2D eigenvalue weighted by molar-refractivity contribution is 6.31. The number of halogens is 3. The van der Waals surface area contributed by atoms with Gasteiger partial charge in [0.05, 0.1) is 5.56 Å². The van der Waals surface area contributed by atoms with Crippen LogP contribution in [0.2, 0.25) is 5.02 Å². The first-order chi connectivity index (χ1) is 8.49. The average molecular weight is 267 g/mol. The van der Waals surface area contributed by atoms with Crippen molar-refractivity contribution >= 4 is 17.4 Å². The number of hydrogen-bond donors (Lipinski definition) is 0. The van der Waals surface area contributed by atoms with Crippen LogP contribution in [0.4, 0.5) is 8.78 Å². The summed E-state index contributed by atoms with van der Waals surface area (Å²) in [4.78, 5) is 12.1. The molecule has 1 nitrogen and oxygen atoms in total. The Morgan fingerprint density at radius 3 is 2.44 bits per heavy atom. The fraction of sp³-hybridized carbons (Fsp3) is 0.0714. The summed E-state index contributed by atoms with van der Waals surface area (Å²) < 4.78 is 26.5. The predicted molar refractivity (Wildman–Crippen MR) is 66.0 cm³/mol. The van der Waals surface area contributed by atoms with E-state index in [9.17, 15) is 13.6 Å². The van der Waals surface area contributed by atoms with E-state index in [1.54, 1.807) is 6.92 Å². The van der Waals surface area contributed by atoms with E-state index < -0.39 is 17.4 Å². The number of aryl methyl sites for hydroxylation is 1. The summed E-state index contributed by atoms with van der Waals surface area (Å²) in [5.74, 6) is -1.59. The Balaban J connectivity index is 2.51. The quantitative estimate of drug-likeness (QED) is 0.746. The molecule has 0 spiro atoms. The van der Waals surface area contributed by atoms with Crippen LogP contribution in [-0.4, -0.2) is 5.78 Å². The second kappa shape index (κ2) is 4.86. The van der Waals surface area contributed by atoms with Crippen LogP contribution in [0.3, 0.4) is 0 Å². The lowest BCUT2D eigenvalue weighted by Gasteiger charge is -2.06. The van der Waals surface area contributed by atoms with Gasteiger partial charge in [0.2, 0.25) is 0 Å². The summed E-state index contributed by atoms with van der Waals surface area (Å²) >= 11 is 5.73. The van der Waals surface area contributed by atoms with E-state index in [0.29, 0.717) is 5.56 Å². The molecule has 4 heteroatoms. The minimum absolute atomic E-state index is 0.114. The molecule has 0 saturated carbocycles. The summed E-state index contributed by atoms with van der Waals surface area (Å²) in [5, 5.41) is 0.277. The van der Waals surface area contributed by atoms with Gasteiger partial charge in [0.25, 0.3) is 0 Å². The topological polar surface area (TPSA) is 17.1 Å². The minimum Gasteiger partial charge on any atom is -0.288 e. The third kappa shape index (κ3) is 2.41. The molecule has 2 aromatic rings. The number of hydrogen-bond acceptors (Lipinski definition) is 1. The Bertz CT molecular complexity index is 623. The van der Waals surface area contributed by atoms with Crippen molar-refractivity contribution in [3.05, 3.63) is 69.7 Å². The van der Waals surface area contributed by atoms with Gasteiger partial charge in [-0.05, 0) is 48.9 Å². The molecule has 0 aliphatic rings. The molecule has 0 bridgehead atoms. The maximum Gasteiger partial charge on any atom is 0.196 e. The minimum atomic E-state index is -0.645. The van der Waals surface area contributed by atoms with Crippen LogP contribution < -0.4 is 0 Å². The molecule has 0 aromatic heterocycles. The zero-order valence-electron chi connectivity index (χ0n) is 9.51. The molecule has 0 amide bonds. The van der Waals surface area contributed by atoms with Crippen molar-refractivity contribution in [3.8, 4) is 0 Å². The van der Waals surface area contributed by atoms with E-state index in [1.807, 2.05) is 0 Å². The number of rotatable bonds is 2. The highest BCUT2D eigenvalue weighted by atomic mass is 35.5. The lowest BCUT2D eigenvalue weighted by Crippen LogP contribution is -2.06. The fourth-order valence-electron chi connectivity index (χ4n) is 1.70. The first-order valence-electron chi connectivity index (χ1n) is 5.25. The van der Waals surface area contributed by atoms with Gasteiger partial charge in [-0.1, -0.05) is 11.6 Å². The monoisotopic (exact) mass is 266 g/mol. The molecule has 0 aliphatic heterocycles. The van der Waals surface area contributed by atoms with E-state index in [-0.39, 0.29) is 16.1 Å². The smallest absolute Gasteiger partial charge is 0.196 e. The Morgan fingerprint density at radius 1 is 1.06 bits per heavy atom. The first-order valence-corrected chi connectivity index (χ1v) is 5.63. The average Bonchev–Trinajstić information content (AvgIpc) is 2.31. The van der Waals surface area contributed by atoms with Gasteiger partial charge in [-0.3, -0.25) is 4.79 Å². The zero-order chi connectivity index (χ0) is 13.3. The summed E-state index contributed by atoms with van der Waals surface area (Å²) in [5.41, 5.74) is 0.606. The molecule has 0 unspecified atom stereocenters. The van der Waals surface area contributed by atoms with E-state index >= 15 is 0 Å². The maximum absolute atomic E-state index is 13.6. The highest BCUT2D eigenvalue weighted by Gasteiger charge is 2.16. The second-order valence-corrected chi connectivity index (χ2v) is 4.35. The van der Waals surface area contributed by atoms with Gasteiger partial charge < -0.3 is 0 Å². The fourth-order valence-corrected chi connectivity index (χ4v) is 1.87. The van der Waals surface area contributed by atoms with E-state index in [2.05, 4.69) is 0 Å². The van der Waals surface area contributed by atoms with E-state index in [0.717, 1.165) is 6.07 Å². The Kier molecular flexibility index (Phi) is 3.43. The van der Waals surface area contributed by atoms with Crippen molar-refractivity contribution in [2.75, 3.05) is 0 Å². The largest absolute Gasteiger partial charge is 0.288 e. The molecule has 2 rings (SSSR count). The Labute approximate surface area is 108 Å². The van der Waals surface area contributed by atoms with Crippen molar-refractivity contribution in [3.63, 3.8) is 0 Å². The lowest BCUT2D eigenvalue weighted by atomic mass is 9.99. The van der Waals surface area contributed by atoms with Gasteiger partial charge in [0.15, 0.2) is 5.78 Å². The van der Waals surface area contributed by atoms with E-state index in [1.165, 1.54) is 30.3 Å². The number of carbonyl (C=O) groups is 1. The van der Waals surface area contributed by atoms with Gasteiger partial charge >= 0.3 is 0 Å². The molecule has 0 heterocycles. The molecule has 0 aliphatic carbocycles.